The van der Waals surface area contributed by atoms with Crippen molar-refractivity contribution in [1.82, 2.24) is 0 Å². The first-order chi connectivity index (χ1) is 14.2. The zero-order valence-electron chi connectivity index (χ0n) is 18.2. The van der Waals surface area contributed by atoms with Crippen molar-refractivity contribution in [2.24, 2.45) is 5.92 Å². The molecule has 2 aromatic rings. The number of ether oxygens (including phenoxy) is 1. The Labute approximate surface area is 176 Å². The van der Waals surface area contributed by atoms with Crippen molar-refractivity contribution < 1.29 is 9.53 Å². The van der Waals surface area contributed by atoms with Crippen LogP contribution in [0, 0.1) is 5.92 Å². The second-order valence-corrected chi connectivity index (χ2v) is 8.67. The average molecular weight is 393 g/mol. The number of hydrogen-bond donors (Lipinski definition) is 0. The van der Waals surface area contributed by atoms with Gasteiger partial charge in [-0.15, -0.1) is 0 Å². The van der Waals surface area contributed by atoms with Crippen molar-refractivity contribution in [3.05, 3.63) is 54.1 Å². The molecule has 156 valence electrons. The molecule has 1 aliphatic carbocycles. The Morgan fingerprint density at radius 1 is 0.828 bits per heavy atom. The van der Waals surface area contributed by atoms with Gasteiger partial charge in [0.15, 0.2) is 0 Å². The van der Waals surface area contributed by atoms with Gasteiger partial charge in [-0.3, -0.25) is 4.79 Å². The fourth-order valence-electron chi connectivity index (χ4n) is 4.28. The van der Waals surface area contributed by atoms with Gasteiger partial charge in [-0.2, -0.15) is 0 Å². The number of benzene rings is 2. The molecule has 0 spiro atoms. The van der Waals surface area contributed by atoms with Crippen molar-refractivity contribution in [2.45, 2.75) is 77.6 Å². The number of ketones is 1. The number of Topliss-reactive ketones (excluding diaryl/α,β-unsaturated/α-hetero) is 1. The van der Waals surface area contributed by atoms with Gasteiger partial charge in [-0.05, 0) is 54.0 Å². The normalized spacial score (nSPS) is 19.3. The lowest BCUT2D eigenvalue weighted by molar-refractivity contribution is -0.123. The standard InChI is InChI=1S/C27H36O2/c1-3-4-5-6-7-8-19-29-25-16-14-23(15-17-25)22-10-12-24(13-11-22)26-18-9-21(2)20-27(26)28/h10-17,21,26H,3-9,18-20H2,1-2H3/t21-,26+/m0/s1. The molecule has 1 fully saturated rings. The molecule has 0 unspecified atom stereocenters. The molecule has 0 aliphatic heterocycles. The Kier molecular flexibility index (Phi) is 8.34. The Bertz CT molecular complexity index is 745. The predicted molar refractivity (Wildman–Crippen MR) is 122 cm³/mol. The second kappa shape index (κ2) is 11.2. The van der Waals surface area contributed by atoms with E-state index in [1.165, 1.54) is 48.8 Å². The van der Waals surface area contributed by atoms with E-state index in [0.29, 0.717) is 11.7 Å². The molecule has 0 aromatic heterocycles. The number of carbonyl (C=O) groups excluding carboxylic acids is 1. The van der Waals surface area contributed by atoms with Crippen LogP contribution < -0.4 is 4.74 Å². The highest BCUT2D eigenvalue weighted by Crippen LogP contribution is 2.34. The third-order valence-electron chi connectivity index (χ3n) is 6.15. The van der Waals surface area contributed by atoms with Crippen LogP contribution in [0.2, 0.25) is 0 Å². The van der Waals surface area contributed by atoms with Crippen LogP contribution in [0.4, 0.5) is 0 Å². The highest BCUT2D eigenvalue weighted by atomic mass is 16.5. The lowest BCUT2D eigenvalue weighted by atomic mass is 9.78. The first-order valence-corrected chi connectivity index (χ1v) is 11.5. The predicted octanol–water partition coefficient (Wildman–Crippen LogP) is 7.57. The van der Waals surface area contributed by atoms with Crippen molar-refractivity contribution in [1.29, 1.82) is 0 Å². The molecular weight excluding hydrogens is 356 g/mol. The molecule has 2 atom stereocenters. The average Bonchev–Trinajstić information content (AvgIpc) is 2.74. The van der Waals surface area contributed by atoms with E-state index < -0.39 is 0 Å². The Balaban J connectivity index is 1.49. The summed E-state index contributed by atoms with van der Waals surface area (Å²) in [6.45, 7) is 5.23. The van der Waals surface area contributed by atoms with E-state index in [4.69, 9.17) is 4.74 Å². The van der Waals surface area contributed by atoms with Gasteiger partial charge in [0.1, 0.15) is 11.5 Å². The zero-order chi connectivity index (χ0) is 20.5. The third kappa shape index (κ3) is 6.45. The quantitative estimate of drug-likeness (QED) is 0.390. The van der Waals surface area contributed by atoms with Gasteiger partial charge in [-0.25, -0.2) is 0 Å². The van der Waals surface area contributed by atoms with E-state index in [0.717, 1.165) is 38.0 Å². The SMILES string of the molecule is CCCCCCCCOc1ccc(-c2ccc([C@H]3CC[C@H](C)CC3=O)cc2)cc1. The zero-order valence-corrected chi connectivity index (χ0v) is 18.2. The van der Waals surface area contributed by atoms with Gasteiger partial charge in [0.25, 0.3) is 0 Å². The molecular formula is C27H36O2. The van der Waals surface area contributed by atoms with E-state index in [9.17, 15) is 4.79 Å². The monoisotopic (exact) mass is 392 g/mol. The van der Waals surface area contributed by atoms with E-state index in [1.807, 2.05) is 0 Å². The molecule has 3 rings (SSSR count). The fraction of sp³-hybridized carbons (Fsp3) is 0.519. The van der Waals surface area contributed by atoms with E-state index >= 15 is 0 Å². The fourth-order valence-corrected chi connectivity index (χ4v) is 4.28. The summed E-state index contributed by atoms with van der Waals surface area (Å²) in [5, 5.41) is 0. The van der Waals surface area contributed by atoms with Crippen molar-refractivity contribution in [2.75, 3.05) is 6.61 Å². The van der Waals surface area contributed by atoms with Crippen LogP contribution >= 0.6 is 0 Å². The number of unbranched alkanes of at least 4 members (excludes halogenated alkanes) is 5. The second-order valence-electron chi connectivity index (χ2n) is 8.67. The van der Waals surface area contributed by atoms with Crippen molar-refractivity contribution >= 4 is 5.78 Å². The first-order valence-electron chi connectivity index (χ1n) is 11.5. The Morgan fingerprint density at radius 3 is 2.10 bits per heavy atom. The molecule has 2 heteroatoms. The minimum atomic E-state index is 0.0954. The minimum absolute atomic E-state index is 0.0954. The molecule has 0 radical (unpaired) electrons. The summed E-state index contributed by atoms with van der Waals surface area (Å²) < 4.78 is 5.88. The number of hydrogen-bond acceptors (Lipinski definition) is 2. The summed E-state index contributed by atoms with van der Waals surface area (Å²) in [4.78, 5) is 12.4. The highest BCUT2D eigenvalue weighted by molar-refractivity contribution is 5.86. The van der Waals surface area contributed by atoms with E-state index in [-0.39, 0.29) is 5.92 Å². The first kappa shape index (κ1) is 21.6. The summed E-state index contributed by atoms with van der Waals surface area (Å²) in [6.07, 6.45) is 10.6. The molecule has 1 saturated carbocycles. The maximum atomic E-state index is 12.4. The van der Waals surface area contributed by atoms with Crippen molar-refractivity contribution in [3.63, 3.8) is 0 Å². The lowest BCUT2D eigenvalue weighted by Gasteiger charge is -2.25. The van der Waals surface area contributed by atoms with E-state index in [1.54, 1.807) is 0 Å². The van der Waals surface area contributed by atoms with Gasteiger partial charge >= 0.3 is 0 Å². The van der Waals surface area contributed by atoms with Gasteiger partial charge in [-0.1, -0.05) is 82.3 Å². The molecule has 0 saturated heterocycles. The molecule has 0 amide bonds. The summed E-state index contributed by atoms with van der Waals surface area (Å²) >= 11 is 0. The third-order valence-corrected chi connectivity index (χ3v) is 6.15. The van der Waals surface area contributed by atoms with Crippen LogP contribution in [-0.2, 0) is 4.79 Å². The Morgan fingerprint density at radius 2 is 1.45 bits per heavy atom. The van der Waals surface area contributed by atoms with Gasteiger partial charge in [0.05, 0.1) is 6.61 Å². The molecule has 1 aliphatic rings. The molecule has 0 bridgehead atoms. The van der Waals surface area contributed by atoms with Crippen molar-refractivity contribution in [3.8, 4) is 16.9 Å². The summed E-state index contributed by atoms with van der Waals surface area (Å²) in [5.41, 5.74) is 3.55. The maximum Gasteiger partial charge on any atom is 0.140 e. The van der Waals surface area contributed by atoms with Gasteiger partial charge in [0.2, 0.25) is 0 Å². The Hall–Kier alpha value is -2.09. The summed E-state index contributed by atoms with van der Waals surface area (Å²) in [7, 11) is 0. The highest BCUT2D eigenvalue weighted by Gasteiger charge is 2.27. The number of rotatable bonds is 10. The molecule has 2 nitrogen and oxygen atoms in total. The maximum absolute atomic E-state index is 12.4. The summed E-state index contributed by atoms with van der Waals surface area (Å²) in [5.74, 6) is 1.99. The lowest BCUT2D eigenvalue weighted by Crippen LogP contribution is -2.21. The van der Waals surface area contributed by atoms with E-state index in [2.05, 4.69) is 62.4 Å². The number of carbonyl (C=O) groups is 1. The van der Waals surface area contributed by atoms with Crippen LogP contribution in [-0.4, -0.2) is 12.4 Å². The smallest absolute Gasteiger partial charge is 0.140 e. The topological polar surface area (TPSA) is 26.3 Å². The van der Waals surface area contributed by atoms with Crippen LogP contribution in [0.5, 0.6) is 5.75 Å². The molecule has 2 aromatic carbocycles. The summed E-state index contributed by atoms with van der Waals surface area (Å²) in [6, 6.07) is 16.9. The van der Waals surface area contributed by atoms with Crippen LogP contribution in [0.15, 0.2) is 48.5 Å². The molecule has 29 heavy (non-hydrogen) atoms. The largest absolute Gasteiger partial charge is 0.494 e. The van der Waals surface area contributed by atoms with Crippen LogP contribution in [0.25, 0.3) is 11.1 Å². The molecule has 0 heterocycles. The van der Waals surface area contributed by atoms with Crippen LogP contribution in [0.1, 0.15) is 83.1 Å². The van der Waals surface area contributed by atoms with Gasteiger partial charge < -0.3 is 4.74 Å². The minimum Gasteiger partial charge on any atom is -0.494 e. The van der Waals surface area contributed by atoms with Gasteiger partial charge in [0, 0.05) is 12.3 Å². The molecule has 0 N–H and O–H groups in total. The van der Waals surface area contributed by atoms with Crippen LogP contribution in [0.3, 0.4) is 0 Å².